The van der Waals surface area contributed by atoms with Crippen LogP contribution in [0.1, 0.15) is 38.1 Å². The Hall–Kier alpha value is -4.53. The largest absolute Gasteiger partial charge is 0.427 e. The Labute approximate surface area is 214 Å². The van der Waals surface area contributed by atoms with E-state index in [0.717, 1.165) is 10.9 Å². The van der Waals surface area contributed by atoms with Gasteiger partial charge >= 0.3 is 11.9 Å². The minimum absolute atomic E-state index is 0.000737. The molecule has 9 nitrogen and oxygen atoms in total. The van der Waals surface area contributed by atoms with Crippen molar-refractivity contribution in [2.45, 2.75) is 34.2 Å². The summed E-state index contributed by atoms with van der Waals surface area (Å²) in [6, 6.07) is 18.1. The SMILES string of the molecule is CCn1nc(-c2ccccc2)c(C(=O)OCOC(=O)C(C)(C)C)c(Nc2cccc3ncccc23)c1=O. The van der Waals surface area contributed by atoms with E-state index in [4.69, 9.17) is 9.47 Å². The maximum atomic E-state index is 13.5. The number of carbonyl (C=O) groups is 2. The van der Waals surface area contributed by atoms with Gasteiger partial charge in [-0.2, -0.15) is 5.10 Å². The molecular weight excluding hydrogens is 472 g/mol. The molecule has 0 saturated heterocycles. The third-order valence-corrected chi connectivity index (χ3v) is 5.60. The van der Waals surface area contributed by atoms with Gasteiger partial charge in [-0.05, 0) is 52.0 Å². The molecule has 2 heterocycles. The number of aromatic nitrogens is 3. The Balaban J connectivity index is 1.84. The van der Waals surface area contributed by atoms with Crippen LogP contribution in [-0.4, -0.2) is 33.5 Å². The number of nitrogens with one attached hydrogen (secondary N) is 1. The lowest BCUT2D eigenvalue weighted by molar-refractivity contribution is -0.161. The molecule has 4 aromatic rings. The average molecular weight is 501 g/mol. The summed E-state index contributed by atoms with van der Waals surface area (Å²) in [4.78, 5) is 43.4. The molecule has 0 aliphatic heterocycles. The molecule has 0 spiro atoms. The third kappa shape index (κ3) is 5.50. The molecule has 0 aliphatic rings. The number of esters is 2. The van der Waals surface area contributed by atoms with E-state index in [-0.39, 0.29) is 23.5 Å². The minimum Gasteiger partial charge on any atom is -0.427 e. The first-order valence-corrected chi connectivity index (χ1v) is 11.9. The first kappa shape index (κ1) is 25.6. The number of rotatable bonds is 7. The quantitative estimate of drug-likeness (QED) is 0.281. The summed E-state index contributed by atoms with van der Waals surface area (Å²) in [7, 11) is 0. The van der Waals surface area contributed by atoms with Crippen molar-refractivity contribution in [3.63, 3.8) is 0 Å². The van der Waals surface area contributed by atoms with Crippen LogP contribution in [0.3, 0.4) is 0 Å². The van der Waals surface area contributed by atoms with Crippen molar-refractivity contribution < 1.29 is 19.1 Å². The highest BCUT2D eigenvalue weighted by Crippen LogP contribution is 2.30. The van der Waals surface area contributed by atoms with Gasteiger partial charge in [-0.25, -0.2) is 9.48 Å². The second-order valence-corrected chi connectivity index (χ2v) is 9.32. The second-order valence-electron chi connectivity index (χ2n) is 9.32. The Morgan fingerprint density at radius 3 is 2.43 bits per heavy atom. The van der Waals surface area contributed by atoms with Crippen molar-refractivity contribution in [3.05, 3.63) is 82.8 Å². The molecule has 1 N–H and O–H groups in total. The number of hydrogen-bond acceptors (Lipinski definition) is 8. The number of aryl methyl sites for hydroxylation is 1. The predicted molar refractivity (Wildman–Crippen MR) is 140 cm³/mol. The van der Waals surface area contributed by atoms with Crippen molar-refractivity contribution in [1.82, 2.24) is 14.8 Å². The summed E-state index contributed by atoms with van der Waals surface area (Å²) in [5, 5.41) is 8.39. The number of hydrogen-bond donors (Lipinski definition) is 1. The van der Waals surface area contributed by atoms with Gasteiger partial charge in [-0.3, -0.25) is 14.6 Å². The number of anilines is 2. The van der Waals surface area contributed by atoms with Gasteiger partial charge in [0.1, 0.15) is 16.9 Å². The van der Waals surface area contributed by atoms with Crippen LogP contribution in [0.15, 0.2) is 71.7 Å². The van der Waals surface area contributed by atoms with Gasteiger partial charge in [0.25, 0.3) is 5.56 Å². The van der Waals surface area contributed by atoms with E-state index < -0.39 is 29.7 Å². The van der Waals surface area contributed by atoms with Crippen LogP contribution >= 0.6 is 0 Å². The highest BCUT2D eigenvalue weighted by molar-refractivity contribution is 6.03. The normalized spacial score (nSPS) is 11.2. The van der Waals surface area contributed by atoms with E-state index in [0.29, 0.717) is 11.3 Å². The van der Waals surface area contributed by atoms with E-state index in [1.54, 1.807) is 64.2 Å². The predicted octanol–water partition coefficient (Wildman–Crippen LogP) is 4.93. The topological polar surface area (TPSA) is 112 Å². The highest BCUT2D eigenvalue weighted by Gasteiger charge is 2.27. The second kappa shape index (κ2) is 10.6. The zero-order valence-electron chi connectivity index (χ0n) is 21.1. The van der Waals surface area contributed by atoms with E-state index in [9.17, 15) is 14.4 Å². The van der Waals surface area contributed by atoms with Gasteiger partial charge in [-0.15, -0.1) is 0 Å². The molecule has 0 aliphatic carbocycles. The van der Waals surface area contributed by atoms with Crippen molar-refractivity contribution in [2.24, 2.45) is 5.41 Å². The van der Waals surface area contributed by atoms with Crippen LogP contribution in [0.5, 0.6) is 0 Å². The van der Waals surface area contributed by atoms with Gasteiger partial charge in [0.2, 0.25) is 6.79 Å². The smallest absolute Gasteiger partial charge is 0.345 e. The van der Waals surface area contributed by atoms with Crippen LogP contribution in [-0.2, 0) is 20.8 Å². The minimum atomic E-state index is -0.853. The Bertz CT molecular complexity index is 1500. The standard InChI is InChI=1S/C28H28N4O5/c1-5-32-25(33)24(30-21-15-9-14-20-19(21)13-10-16-29-20)22(23(31-32)18-11-7-6-8-12-18)26(34)36-17-37-27(35)28(2,3)4/h6-16,30H,5,17H2,1-4H3. The summed E-state index contributed by atoms with van der Waals surface area (Å²) in [6.45, 7) is 6.56. The molecule has 0 unspecified atom stereocenters. The van der Waals surface area contributed by atoms with Crippen LogP contribution in [0, 0.1) is 5.41 Å². The Morgan fingerprint density at radius 1 is 0.973 bits per heavy atom. The zero-order chi connectivity index (χ0) is 26.6. The number of carbonyl (C=O) groups excluding carboxylic acids is 2. The van der Waals surface area contributed by atoms with Crippen molar-refractivity contribution in [2.75, 3.05) is 12.1 Å². The lowest BCUT2D eigenvalue weighted by Gasteiger charge is -2.19. The molecule has 9 heteroatoms. The monoisotopic (exact) mass is 500 g/mol. The van der Waals surface area contributed by atoms with Crippen LogP contribution in [0.4, 0.5) is 11.4 Å². The fourth-order valence-corrected chi connectivity index (χ4v) is 3.67. The molecule has 37 heavy (non-hydrogen) atoms. The molecule has 0 atom stereocenters. The number of pyridine rings is 1. The summed E-state index contributed by atoms with van der Waals surface area (Å²) >= 11 is 0. The summed E-state index contributed by atoms with van der Waals surface area (Å²) < 4.78 is 11.7. The van der Waals surface area contributed by atoms with Crippen molar-refractivity contribution in [1.29, 1.82) is 0 Å². The fourth-order valence-electron chi connectivity index (χ4n) is 3.67. The van der Waals surface area contributed by atoms with Crippen LogP contribution < -0.4 is 10.9 Å². The Kier molecular flexibility index (Phi) is 7.33. The summed E-state index contributed by atoms with van der Waals surface area (Å²) in [5.74, 6) is -1.38. The molecule has 190 valence electrons. The summed E-state index contributed by atoms with van der Waals surface area (Å²) in [5.41, 5.74) is 0.859. The lowest BCUT2D eigenvalue weighted by atomic mass is 9.98. The molecule has 0 amide bonds. The van der Waals surface area contributed by atoms with Crippen molar-refractivity contribution in [3.8, 4) is 11.3 Å². The first-order valence-electron chi connectivity index (χ1n) is 11.9. The Morgan fingerprint density at radius 2 is 1.73 bits per heavy atom. The molecule has 2 aromatic heterocycles. The molecule has 0 bridgehead atoms. The highest BCUT2D eigenvalue weighted by atomic mass is 16.7. The third-order valence-electron chi connectivity index (χ3n) is 5.60. The molecule has 4 rings (SSSR count). The number of benzene rings is 2. The van der Waals surface area contributed by atoms with E-state index in [1.807, 2.05) is 30.3 Å². The molecule has 0 radical (unpaired) electrons. The van der Waals surface area contributed by atoms with Gasteiger partial charge < -0.3 is 14.8 Å². The molecule has 0 fully saturated rings. The van der Waals surface area contributed by atoms with Gasteiger partial charge in [0.05, 0.1) is 10.9 Å². The fraction of sp³-hybridized carbons (Fsp3) is 0.250. The number of nitrogens with zero attached hydrogens (tertiary/aromatic N) is 3. The zero-order valence-corrected chi connectivity index (χ0v) is 21.1. The lowest BCUT2D eigenvalue weighted by Crippen LogP contribution is -2.29. The molecular formula is C28H28N4O5. The molecule has 0 saturated carbocycles. The maximum absolute atomic E-state index is 13.5. The van der Waals surface area contributed by atoms with Crippen molar-refractivity contribution >= 4 is 34.2 Å². The summed E-state index contributed by atoms with van der Waals surface area (Å²) in [6.07, 6.45) is 1.68. The number of ether oxygens (including phenoxy) is 2. The van der Waals surface area contributed by atoms with Gasteiger partial charge in [-0.1, -0.05) is 36.4 Å². The van der Waals surface area contributed by atoms with Crippen LogP contribution in [0.25, 0.3) is 22.2 Å². The van der Waals surface area contributed by atoms with E-state index >= 15 is 0 Å². The van der Waals surface area contributed by atoms with E-state index in [1.165, 1.54) is 4.68 Å². The molecule has 2 aromatic carbocycles. The number of fused-ring (bicyclic) bond motifs is 1. The van der Waals surface area contributed by atoms with Gasteiger partial charge in [0, 0.05) is 29.4 Å². The van der Waals surface area contributed by atoms with E-state index in [2.05, 4.69) is 15.4 Å². The first-order chi connectivity index (χ1) is 17.7. The average Bonchev–Trinajstić information content (AvgIpc) is 2.89. The van der Waals surface area contributed by atoms with Crippen LogP contribution in [0.2, 0.25) is 0 Å². The van der Waals surface area contributed by atoms with Gasteiger partial charge in [0.15, 0.2) is 0 Å². The maximum Gasteiger partial charge on any atom is 0.345 e.